The summed E-state index contributed by atoms with van der Waals surface area (Å²) in [5, 5.41) is 7.33. The van der Waals surface area contributed by atoms with Crippen molar-refractivity contribution >= 4 is 11.5 Å². The van der Waals surface area contributed by atoms with Gasteiger partial charge >= 0.3 is 0 Å². The third-order valence-electron chi connectivity index (χ3n) is 5.17. The molecule has 0 amide bonds. The Kier molecular flexibility index (Phi) is 6.69. The van der Waals surface area contributed by atoms with Gasteiger partial charge in [-0.25, -0.2) is 4.39 Å². The van der Waals surface area contributed by atoms with Gasteiger partial charge in [-0.05, 0) is 35.9 Å². The van der Waals surface area contributed by atoms with Gasteiger partial charge < -0.3 is 24.1 Å². The van der Waals surface area contributed by atoms with Gasteiger partial charge in [-0.2, -0.15) is 0 Å². The molecule has 0 radical (unpaired) electrons. The van der Waals surface area contributed by atoms with Crippen molar-refractivity contribution in [2.24, 2.45) is 0 Å². The maximum atomic E-state index is 13.5. The van der Waals surface area contributed by atoms with Crippen LogP contribution in [0.4, 0.5) is 15.9 Å². The fraction of sp³-hybridized carbons (Fsp3) is 0.348. The molecule has 0 saturated carbocycles. The zero-order valence-corrected chi connectivity index (χ0v) is 17.7. The molecule has 0 spiro atoms. The molecular formula is C23H26FN3O4. The number of anilines is 2. The van der Waals surface area contributed by atoms with Gasteiger partial charge in [-0.15, -0.1) is 0 Å². The van der Waals surface area contributed by atoms with Crippen LogP contribution in [0.15, 0.2) is 47.0 Å². The molecular weight excluding hydrogens is 401 g/mol. The molecule has 31 heavy (non-hydrogen) atoms. The highest BCUT2D eigenvalue weighted by Crippen LogP contribution is 2.31. The fourth-order valence-corrected chi connectivity index (χ4v) is 3.62. The molecule has 2 heterocycles. The van der Waals surface area contributed by atoms with Crippen LogP contribution in [0, 0.1) is 5.82 Å². The summed E-state index contributed by atoms with van der Waals surface area (Å²) in [5.41, 5.74) is 2.76. The van der Waals surface area contributed by atoms with Gasteiger partial charge in [0.25, 0.3) is 0 Å². The standard InChI is InChI=1S/C23H26FN3O4/c1-28-10-11-30-21-7-6-16(12-22(21)29-2)14-27-9-8-20-19(15-27)23(26-31-20)25-18-5-3-4-17(24)13-18/h3-7,12-13H,8-11,14-15H2,1-2H3,(H,25,26). The highest BCUT2D eigenvalue weighted by molar-refractivity contribution is 5.60. The zero-order valence-electron chi connectivity index (χ0n) is 17.7. The number of fused-ring (bicyclic) bond motifs is 1. The third kappa shape index (κ3) is 5.15. The summed E-state index contributed by atoms with van der Waals surface area (Å²) in [6.45, 7) is 3.28. The number of ether oxygens (including phenoxy) is 3. The summed E-state index contributed by atoms with van der Waals surface area (Å²) in [7, 11) is 3.28. The number of hydrogen-bond donors (Lipinski definition) is 1. The maximum absolute atomic E-state index is 13.5. The second-order valence-electron chi connectivity index (χ2n) is 7.36. The molecule has 0 atom stereocenters. The van der Waals surface area contributed by atoms with E-state index >= 15 is 0 Å². The Balaban J connectivity index is 1.44. The first-order valence-electron chi connectivity index (χ1n) is 10.2. The molecule has 1 aromatic heterocycles. The van der Waals surface area contributed by atoms with Crippen LogP contribution in [0.25, 0.3) is 0 Å². The largest absolute Gasteiger partial charge is 0.493 e. The average molecular weight is 427 g/mol. The molecule has 3 aromatic rings. The van der Waals surface area contributed by atoms with Crippen molar-refractivity contribution < 1.29 is 23.1 Å². The second-order valence-corrected chi connectivity index (χ2v) is 7.36. The lowest BCUT2D eigenvalue weighted by molar-refractivity contribution is 0.144. The number of halogens is 1. The molecule has 0 bridgehead atoms. The first kappa shape index (κ1) is 21.1. The van der Waals surface area contributed by atoms with Crippen molar-refractivity contribution in [3.8, 4) is 11.5 Å². The highest BCUT2D eigenvalue weighted by Gasteiger charge is 2.24. The van der Waals surface area contributed by atoms with Gasteiger partial charge in [0.05, 0.1) is 19.3 Å². The number of rotatable bonds is 9. The molecule has 1 aliphatic rings. The monoisotopic (exact) mass is 427 g/mol. The van der Waals surface area contributed by atoms with Gasteiger partial charge in [0, 0.05) is 38.9 Å². The Morgan fingerprint density at radius 2 is 2.03 bits per heavy atom. The van der Waals surface area contributed by atoms with E-state index in [1.165, 1.54) is 12.1 Å². The highest BCUT2D eigenvalue weighted by atomic mass is 19.1. The van der Waals surface area contributed by atoms with Crippen LogP contribution in [-0.4, -0.2) is 44.0 Å². The number of nitrogens with one attached hydrogen (secondary N) is 1. The predicted molar refractivity (Wildman–Crippen MR) is 114 cm³/mol. The maximum Gasteiger partial charge on any atom is 0.178 e. The molecule has 164 valence electrons. The molecule has 0 saturated heterocycles. The Bertz CT molecular complexity index is 1020. The van der Waals surface area contributed by atoms with Crippen molar-refractivity contribution in [3.63, 3.8) is 0 Å². The quantitative estimate of drug-likeness (QED) is 0.515. The summed E-state index contributed by atoms with van der Waals surface area (Å²) in [4.78, 5) is 2.32. The first-order chi connectivity index (χ1) is 15.2. The van der Waals surface area contributed by atoms with E-state index in [1.54, 1.807) is 26.4 Å². The lowest BCUT2D eigenvalue weighted by atomic mass is 10.1. The zero-order chi connectivity index (χ0) is 21.6. The van der Waals surface area contributed by atoms with E-state index < -0.39 is 0 Å². The minimum absolute atomic E-state index is 0.299. The van der Waals surface area contributed by atoms with Gasteiger partial charge in [0.15, 0.2) is 17.3 Å². The van der Waals surface area contributed by atoms with Crippen LogP contribution in [-0.2, 0) is 24.2 Å². The van der Waals surface area contributed by atoms with Crippen molar-refractivity contribution in [2.75, 3.05) is 39.3 Å². The lowest BCUT2D eigenvalue weighted by Gasteiger charge is -2.26. The molecule has 2 aromatic carbocycles. The van der Waals surface area contributed by atoms with Gasteiger partial charge in [-0.3, -0.25) is 4.90 Å². The van der Waals surface area contributed by atoms with E-state index in [2.05, 4.69) is 15.4 Å². The van der Waals surface area contributed by atoms with E-state index in [-0.39, 0.29) is 5.82 Å². The van der Waals surface area contributed by atoms with Crippen LogP contribution in [0.5, 0.6) is 11.5 Å². The lowest BCUT2D eigenvalue weighted by Crippen LogP contribution is -2.29. The van der Waals surface area contributed by atoms with E-state index in [9.17, 15) is 4.39 Å². The smallest absolute Gasteiger partial charge is 0.178 e. The normalized spacial score (nSPS) is 13.6. The number of nitrogens with zero attached hydrogens (tertiary/aromatic N) is 2. The summed E-state index contributed by atoms with van der Waals surface area (Å²) in [5.74, 6) is 2.60. The molecule has 8 heteroatoms. The third-order valence-corrected chi connectivity index (χ3v) is 5.17. The number of hydrogen-bond acceptors (Lipinski definition) is 7. The van der Waals surface area contributed by atoms with E-state index in [0.717, 1.165) is 36.4 Å². The Morgan fingerprint density at radius 3 is 2.84 bits per heavy atom. The average Bonchev–Trinajstić information content (AvgIpc) is 3.17. The summed E-state index contributed by atoms with van der Waals surface area (Å²) >= 11 is 0. The topological polar surface area (TPSA) is 69.0 Å². The molecule has 0 unspecified atom stereocenters. The number of benzene rings is 2. The fourth-order valence-electron chi connectivity index (χ4n) is 3.62. The molecule has 0 fully saturated rings. The van der Waals surface area contributed by atoms with Crippen LogP contribution in [0.1, 0.15) is 16.9 Å². The van der Waals surface area contributed by atoms with E-state index in [0.29, 0.717) is 42.8 Å². The number of methoxy groups -OCH3 is 2. The summed E-state index contributed by atoms with van der Waals surface area (Å²) < 4.78 is 35.2. The van der Waals surface area contributed by atoms with Crippen molar-refractivity contribution in [1.29, 1.82) is 0 Å². The summed E-state index contributed by atoms with van der Waals surface area (Å²) in [6.07, 6.45) is 0.766. The SMILES string of the molecule is COCCOc1ccc(CN2CCc3onc(Nc4cccc(F)c4)c3C2)cc1OC. The van der Waals surface area contributed by atoms with Gasteiger partial charge in [0.1, 0.15) is 18.2 Å². The summed E-state index contributed by atoms with van der Waals surface area (Å²) in [6, 6.07) is 12.3. The molecule has 7 nitrogen and oxygen atoms in total. The predicted octanol–water partition coefficient (Wildman–Crippen LogP) is 4.15. The second kappa shape index (κ2) is 9.80. The first-order valence-corrected chi connectivity index (χ1v) is 10.2. The van der Waals surface area contributed by atoms with Crippen molar-refractivity contribution in [2.45, 2.75) is 19.5 Å². The number of aromatic nitrogens is 1. The molecule has 4 rings (SSSR count). The minimum Gasteiger partial charge on any atom is -0.493 e. The van der Waals surface area contributed by atoms with Crippen LogP contribution in [0.3, 0.4) is 0 Å². The van der Waals surface area contributed by atoms with Crippen LogP contribution < -0.4 is 14.8 Å². The Morgan fingerprint density at radius 1 is 1.13 bits per heavy atom. The molecule has 0 aliphatic carbocycles. The van der Waals surface area contributed by atoms with Crippen LogP contribution in [0.2, 0.25) is 0 Å². The molecule has 1 aliphatic heterocycles. The van der Waals surface area contributed by atoms with Gasteiger partial charge in [-0.1, -0.05) is 17.3 Å². The minimum atomic E-state index is -0.299. The van der Waals surface area contributed by atoms with Crippen molar-refractivity contribution in [1.82, 2.24) is 10.1 Å². The van der Waals surface area contributed by atoms with Gasteiger partial charge in [0.2, 0.25) is 0 Å². The Labute approximate surface area is 180 Å². The van der Waals surface area contributed by atoms with Crippen molar-refractivity contribution in [3.05, 3.63) is 65.2 Å². The van der Waals surface area contributed by atoms with Crippen LogP contribution >= 0.6 is 0 Å². The van der Waals surface area contributed by atoms with E-state index in [1.807, 2.05) is 18.2 Å². The van der Waals surface area contributed by atoms with E-state index in [4.69, 9.17) is 18.7 Å². The molecule has 1 N–H and O–H groups in total. The Hall–Kier alpha value is -3.10.